The van der Waals surface area contributed by atoms with Gasteiger partial charge in [-0.25, -0.2) is 4.68 Å². The van der Waals surface area contributed by atoms with Crippen molar-refractivity contribution in [1.82, 2.24) is 15.1 Å². The molecule has 162 valence electrons. The lowest BCUT2D eigenvalue weighted by Gasteiger charge is -2.32. The maximum atomic E-state index is 13.4. The van der Waals surface area contributed by atoms with Crippen molar-refractivity contribution in [1.29, 1.82) is 0 Å². The second-order valence-electron chi connectivity index (χ2n) is 8.70. The summed E-state index contributed by atoms with van der Waals surface area (Å²) in [5.74, 6) is -0.0405. The number of aryl methyl sites for hydroxylation is 1. The average molecular weight is 420 g/mol. The second kappa shape index (κ2) is 9.02. The van der Waals surface area contributed by atoms with Crippen LogP contribution in [0.15, 0.2) is 53.3 Å². The minimum atomic E-state index is -0.277. The molecule has 0 bridgehead atoms. The van der Waals surface area contributed by atoms with Gasteiger partial charge in [0, 0.05) is 18.5 Å². The molecule has 0 aliphatic carbocycles. The zero-order chi connectivity index (χ0) is 22.0. The molecule has 6 nitrogen and oxygen atoms in total. The Balaban J connectivity index is 1.68. The molecule has 31 heavy (non-hydrogen) atoms. The number of benzene rings is 2. The predicted octanol–water partition coefficient (Wildman–Crippen LogP) is 4.01. The molecule has 1 aliphatic heterocycles. The fourth-order valence-corrected chi connectivity index (χ4v) is 4.12. The van der Waals surface area contributed by atoms with Crippen molar-refractivity contribution in [3.05, 3.63) is 75.7 Å². The molecule has 2 heterocycles. The molecule has 4 rings (SSSR count). The summed E-state index contributed by atoms with van der Waals surface area (Å²) < 4.78 is 7.46. The predicted molar refractivity (Wildman–Crippen MR) is 121 cm³/mol. The maximum Gasteiger partial charge on any atom is 0.274 e. The molecule has 3 aromatic rings. The summed E-state index contributed by atoms with van der Waals surface area (Å²) in [6, 6.07) is 15.3. The molecule has 0 radical (unpaired) electrons. The minimum Gasteiger partial charge on any atom is -0.371 e. The van der Waals surface area contributed by atoms with E-state index in [9.17, 15) is 9.59 Å². The lowest BCUT2D eigenvalue weighted by atomic mass is 9.95. The molecule has 1 saturated heterocycles. The normalized spacial score (nSPS) is 19.0. The Kier molecular flexibility index (Phi) is 6.18. The summed E-state index contributed by atoms with van der Waals surface area (Å²) in [7, 11) is 0. The number of carbonyl (C=O) groups excluding carboxylic acids is 1. The zero-order valence-corrected chi connectivity index (χ0v) is 18.3. The van der Waals surface area contributed by atoms with Gasteiger partial charge in [0.2, 0.25) is 0 Å². The summed E-state index contributed by atoms with van der Waals surface area (Å²) >= 11 is 0. The Morgan fingerprint density at radius 3 is 2.58 bits per heavy atom. The van der Waals surface area contributed by atoms with Crippen molar-refractivity contribution in [2.75, 3.05) is 6.61 Å². The third-order valence-electron chi connectivity index (χ3n) is 5.67. The number of hydrogen-bond donors (Lipinski definition) is 1. The molecule has 2 aromatic carbocycles. The van der Waals surface area contributed by atoms with Crippen LogP contribution in [0.4, 0.5) is 0 Å². The SMILES string of the molecule is Cc1ccc([C@@H]2OCCC[C@H]2NC(=O)c2nn(CC(C)C)c(=O)c3ccccc23)cc1. The van der Waals surface area contributed by atoms with Gasteiger partial charge in [0.1, 0.15) is 6.10 Å². The van der Waals surface area contributed by atoms with Crippen LogP contribution < -0.4 is 10.9 Å². The van der Waals surface area contributed by atoms with Crippen LogP contribution in [-0.2, 0) is 11.3 Å². The van der Waals surface area contributed by atoms with Crippen LogP contribution in [0.3, 0.4) is 0 Å². The molecule has 0 unspecified atom stereocenters. The largest absolute Gasteiger partial charge is 0.371 e. The van der Waals surface area contributed by atoms with Crippen LogP contribution in [0.5, 0.6) is 0 Å². The van der Waals surface area contributed by atoms with Crippen LogP contribution in [0, 0.1) is 12.8 Å². The molecular formula is C25H29N3O3. The Hall–Kier alpha value is -2.99. The monoisotopic (exact) mass is 419 g/mol. The molecule has 1 aromatic heterocycles. The highest BCUT2D eigenvalue weighted by atomic mass is 16.5. The van der Waals surface area contributed by atoms with E-state index in [1.807, 2.05) is 32.9 Å². The van der Waals surface area contributed by atoms with Crippen molar-refractivity contribution in [3.8, 4) is 0 Å². The van der Waals surface area contributed by atoms with E-state index in [0.717, 1.165) is 18.4 Å². The van der Waals surface area contributed by atoms with E-state index in [2.05, 4.69) is 34.7 Å². The molecule has 1 fully saturated rings. The number of aromatic nitrogens is 2. The third kappa shape index (κ3) is 4.54. The van der Waals surface area contributed by atoms with Gasteiger partial charge in [-0.3, -0.25) is 9.59 Å². The maximum absolute atomic E-state index is 13.4. The van der Waals surface area contributed by atoms with Crippen LogP contribution in [-0.4, -0.2) is 28.3 Å². The number of hydrogen-bond acceptors (Lipinski definition) is 4. The number of carbonyl (C=O) groups is 1. The number of ether oxygens (including phenoxy) is 1. The van der Waals surface area contributed by atoms with E-state index in [1.54, 1.807) is 12.1 Å². The van der Waals surface area contributed by atoms with Gasteiger partial charge in [-0.15, -0.1) is 0 Å². The summed E-state index contributed by atoms with van der Waals surface area (Å²) in [5.41, 5.74) is 2.35. The van der Waals surface area contributed by atoms with Gasteiger partial charge in [-0.1, -0.05) is 61.9 Å². The summed E-state index contributed by atoms with van der Waals surface area (Å²) in [5, 5.41) is 8.71. The topological polar surface area (TPSA) is 73.2 Å². The molecule has 1 amide bonds. The summed E-state index contributed by atoms with van der Waals surface area (Å²) in [6.07, 6.45) is 1.51. The Bertz CT molecular complexity index is 1130. The fraction of sp³-hybridized carbons (Fsp3) is 0.400. The fourth-order valence-electron chi connectivity index (χ4n) is 4.12. The first kappa shape index (κ1) is 21.2. The smallest absolute Gasteiger partial charge is 0.274 e. The highest BCUT2D eigenvalue weighted by Gasteiger charge is 2.30. The number of rotatable bonds is 5. The lowest BCUT2D eigenvalue weighted by Crippen LogP contribution is -2.43. The Labute approximate surface area is 182 Å². The molecule has 2 atom stereocenters. The van der Waals surface area contributed by atoms with Crippen molar-refractivity contribution in [2.45, 2.75) is 52.3 Å². The van der Waals surface area contributed by atoms with Crippen molar-refractivity contribution >= 4 is 16.7 Å². The highest BCUT2D eigenvalue weighted by Crippen LogP contribution is 2.29. The first-order chi connectivity index (χ1) is 14.9. The van der Waals surface area contributed by atoms with Gasteiger partial charge in [-0.2, -0.15) is 5.10 Å². The first-order valence-corrected chi connectivity index (χ1v) is 10.9. The Morgan fingerprint density at radius 2 is 1.87 bits per heavy atom. The molecule has 0 spiro atoms. The van der Waals surface area contributed by atoms with Crippen molar-refractivity contribution in [3.63, 3.8) is 0 Å². The van der Waals surface area contributed by atoms with Crippen LogP contribution in [0.25, 0.3) is 10.8 Å². The van der Waals surface area contributed by atoms with Gasteiger partial charge >= 0.3 is 0 Å². The van der Waals surface area contributed by atoms with Gasteiger partial charge in [0.15, 0.2) is 5.69 Å². The van der Waals surface area contributed by atoms with E-state index in [0.29, 0.717) is 23.9 Å². The minimum absolute atomic E-state index is 0.157. The summed E-state index contributed by atoms with van der Waals surface area (Å²) in [4.78, 5) is 26.2. The molecule has 6 heteroatoms. The molecular weight excluding hydrogens is 390 g/mol. The van der Waals surface area contributed by atoms with Gasteiger partial charge < -0.3 is 10.1 Å². The number of nitrogens with one attached hydrogen (secondary N) is 1. The van der Waals surface area contributed by atoms with E-state index in [-0.39, 0.29) is 35.2 Å². The summed E-state index contributed by atoms with van der Waals surface area (Å²) in [6.45, 7) is 7.23. The first-order valence-electron chi connectivity index (χ1n) is 10.9. The van der Waals surface area contributed by atoms with E-state index in [1.165, 1.54) is 10.2 Å². The molecule has 0 saturated carbocycles. The van der Waals surface area contributed by atoms with Gasteiger partial charge in [0.05, 0.1) is 11.4 Å². The lowest BCUT2D eigenvalue weighted by molar-refractivity contribution is -0.00952. The van der Waals surface area contributed by atoms with Crippen LogP contribution >= 0.6 is 0 Å². The molecule has 1 N–H and O–H groups in total. The zero-order valence-electron chi connectivity index (χ0n) is 18.3. The van der Waals surface area contributed by atoms with Crippen molar-refractivity contribution < 1.29 is 9.53 Å². The highest BCUT2D eigenvalue weighted by molar-refractivity contribution is 6.04. The Morgan fingerprint density at radius 1 is 1.16 bits per heavy atom. The van der Waals surface area contributed by atoms with Crippen molar-refractivity contribution in [2.24, 2.45) is 5.92 Å². The van der Waals surface area contributed by atoms with Gasteiger partial charge in [-0.05, 0) is 37.3 Å². The number of fused-ring (bicyclic) bond motifs is 1. The standard InChI is InChI=1S/C25H29N3O3/c1-16(2)15-28-25(30)20-8-5-4-7-19(20)22(27-28)24(29)26-21-9-6-14-31-23(21)18-12-10-17(3)11-13-18/h4-5,7-8,10-13,16,21,23H,6,9,14-15H2,1-3H3,(H,26,29)/t21-,23+/m1/s1. The van der Waals surface area contributed by atoms with E-state index in [4.69, 9.17) is 4.74 Å². The second-order valence-corrected chi connectivity index (χ2v) is 8.70. The quantitative estimate of drug-likeness (QED) is 0.678. The van der Waals surface area contributed by atoms with Gasteiger partial charge in [0.25, 0.3) is 11.5 Å². The van der Waals surface area contributed by atoms with E-state index < -0.39 is 0 Å². The molecule has 1 aliphatic rings. The number of amides is 1. The van der Waals surface area contributed by atoms with E-state index >= 15 is 0 Å². The van der Waals surface area contributed by atoms with Crippen LogP contribution in [0.1, 0.15) is 54.4 Å². The third-order valence-corrected chi connectivity index (χ3v) is 5.67. The van der Waals surface area contributed by atoms with Crippen LogP contribution in [0.2, 0.25) is 0 Å². The average Bonchev–Trinajstić information content (AvgIpc) is 2.76. The number of nitrogens with zero attached hydrogens (tertiary/aromatic N) is 2.